The maximum Gasteiger partial charge on any atom is 0.0673 e. The lowest BCUT2D eigenvalue weighted by molar-refractivity contribution is 0.173. The second-order valence-corrected chi connectivity index (χ2v) is 4.55. The van der Waals surface area contributed by atoms with Crippen LogP contribution < -0.4 is 5.32 Å². The van der Waals surface area contributed by atoms with E-state index in [1.165, 1.54) is 36.5 Å². The summed E-state index contributed by atoms with van der Waals surface area (Å²) in [5.74, 6) is 0. The summed E-state index contributed by atoms with van der Waals surface area (Å²) in [6.45, 7) is 6.75. The van der Waals surface area contributed by atoms with Crippen LogP contribution in [-0.4, -0.2) is 41.3 Å². The Bertz CT molecular complexity index is 351. The minimum absolute atomic E-state index is 0.626. The minimum atomic E-state index is 0.626. The molecule has 0 bridgehead atoms. The van der Waals surface area contributed by atoms with Gasteiger partial charge in [0.1, 0.15) is 0 Å². The monoisotopic (exact) mass is 206 g/mol. The van der Waals surface area contributed by atoms with E-state index in [0.29, 0.717) is 6.04 Å². The third-order valence-electron chi connectivity index (χ3n) is 3.65. The van der Waals surface area contributed by atoms with Gasteiger partial charge in [0.25, 0.3) is 0 Å². The smallest absolute Gasteiger partial charge is 0.0673 e. The first-order valence-electron chi connectivity index (χ1n) is 5.85. The zero-order chi connectivity index (χ0) is 10.3. The van der Waals surface area contributed by atoms with Crippen LogP contribution in [0, 0.1) is 6.92 Å². The predicted molar refractivity (Wildman–Crippen MR) is 58.8 cm³/mol. The highest BCUT2D eigenvalue weighted by molar-refractivity contribution is 5.32. The quantitative estimate of drug-likeness (QED) is 0.707. The maximum absolute atomic E-state index is 4.37. The molecular weight excluding hydrogens is 188 g/mol. The summed E-state index contributed by atoms with van der Waals surface area (Å²) in [6, 6.07) is 0.626. The van der Waals surface area contributed by atoms with Gasteiger partial charge in [-0.1, -0.05) is 0 Å². The van der Waals surface area contributed by atoms with Crippen LogP contribution in [0.2, 0.25) is 0 Å². The third kappa shape index (κ3) is 1.48. The Kier molecular flexibility index (Phi) is 2.25. The van der Waals surface area contributed by atoms with Crippen LogP contribution in [-0.2, 0) is 6.42 Å². The van der Waals surface area contributed by atoms with E-state index in [1.54, 1.807) is 0 Å². The van der Waals surface area contributed by atoms with Crippen molar-refractivity contribution in [2.24, 2.45) is 0 Å². The van der Waals surface area contributed by atoms with Gasteiger partial charge in [-0.2, -0.15) is 5.10 Å². The van der Waals surface area contributed by atoms with Crippen molar-refractivity contribution >= 4 is 0 Å². The van der Waals surface area contributed by atoms with Crippen molar-refractivity contribution in [2.45, 2.75) is 25.8 Å². The van der Waals surface area contributed by atoms with Gasteiger partial charge in [0.15, 0.2) is 0 Å². The minimum Gasteiger partial charge on any atom is -0.314 e. The molecule has 1 aromatic heterocycles. The number of aromatic nitrogens is 2. The summed E-state index contributed by atoms with van der Waals surface area (Å²) >= 11 is 0. The second kappa shape index (κ2) is 3.61. The molecule has 2 N–H and O–H groups in total. The zero-order valence-corrected chi connectivity index (χ0v) is 9.21. The van der Waals surface area contributed by atoms with Crippen LogP contribution in [0.4, 0.5) is 0 Å². The lowest BCUT2D eigenvalue weighted by Crippen LogP contribution is -2.44. The second-order valence-electron chi connectivity index (χ2n) is 4.55. The molecule has 0 spiro atoms. The van der Waals surface area contributed by atoms with Gasteiger partial charge in [-0.05, 0) is 19.8 Å². The molecule has 0 radical (unpaired) electrons. The number of fused-ring (bicyclic) bond motifs is 1. The van der Waals surface area contributed by atoms with Crippen molar-refractivity contribution in [1.82, 2.24) is 20.4 Å². The average molecular weight is 206 g/mol. The fourth-order valence-corrected chi connectivity index (χ4v) is 2.90. The number of aryl methyl sites for hydroxylation is 2. The first kappa shape index (κ1) is 9.36. The molecule has 4 nitrogen and oxygen atoms in total. The Balaban J connectivity index is 1.85. The number of rotatable bonds is 1. The van der Waals surface area contributed by atoms with E-state index in [-0.39, 0.29) is 0 Å². The molecule has 1 aromatic rings. The molecule has 82 valence electrons. The number of piperazine rings is 1. The van der Waals surface area contributed by atoms with Gasteiger partial charge in [-0.25, -0.2) is 0 Å². The number of hydrogen-bond acceptors (Lipinski definition) is 3. The zero-order valence-electron chi connectivity index (χ0n) is 9.21. The molecule has 15 heavy (non-hydrogen) atoms. The SMILES string of the molecule is Cc1[nH]nc2c1C(N1CCNCC1)CC2. The van der Waals surface area contributed by atoms with Gasteiger partial charge < -0.3 is 5.32 Å². The van der Waals surface area contributed by atoms with Gasteiger partial charge in [-0.3, -0.25) is 10.00 Å². The van der Waals surface area contributed by atoms with E-state index in [0.717, 1.165) is 19.5 Å². The lowest BCUT2D eigenvalue weighted by atomic mass is 10.1. The van der Waals surface area contributed by atoms with E-state index in [2.05, 4.69) is 27.3 Å². The first-order valence-corrected chi connectivity index (χ1v) is 5.85. The molecule has 2 heterocycles. The summed E-state index contributed by atoms with van der Waals surface area (Å²) in [6.07, 6.45) is 2.40. The van der Waals surface area contributed by atoms with Gasteiger partial charge >= 0.3 is 0 Å². The largest absolute Gasteiger partial charge is 0.314 e. The molecule has 4 heteroatoms. The van der Waals surface area contributed by atoms with Crippen molar-refractivity contribution < 1.29 is 0 Å². The molecule has 1 fully saturated rings. The Hall–Kier alpha value is -0.870. The van der Waals surface area contributed by atoms with E-state index < -0.39 is 0 Å². The molecule has 3 rings (SSSR count). The van der Waals surface area contributed by atoms with Crippen molar-refractivity contribution in [2.75, 3.05) is 26.2 Å². The lowest BCUT2D eigenvalue weighted by Gasteiger charge is -2.33. The predicted octanol–water partition coefficient (Wildman–Crippen LogP) is 0.611. The fourth-order valence-electron chi connectivity index (χ4n) is 2.90. The number of nitrogens with one attached hydrogen (secondary N) is 2. The Morgan fingerprint density at radius 1 is 1.33 bits per heavy atom. The van der Waals surface area contributed by atoms with E-state index in [9.17, 15) is 0 Å². The Labute approximate surface area is 90.0 Å². The van der Waals surface area contributed by atoms with Gasteiger partial charge in [0.2, 0.25) is 0 Å². The molecule has 2 aliphatic rings. The highest BCUT2D eigenvalue weighted by Gasteiger charge is 2.31. The standard InChI is InChI=1S/C11H18N4/c1-8-11-9(14-13-8)2-3-10(11)15-6-4-12-5-7-15/h10,12H,2-7H2,1H3,(H,13,14). The summed E-state index contributed by atoms with van der Waals surface area (Å²) in [4.78, 5) is 2.60. The summed E-state index contributed by atoms with van der Waals surface area (Å²) in [5, 5.41) is 10.9. The number of H-pyrrole nitrogens is 1. The summed E-state index contributed by atoms with van der Waals surface area (Å²) < 4.78 is 0. The number of nitrogens with zero attached hydrogens (tertiary/aromatic N) is 2. The molecule has 1 aliphatic carbocycles. The highest BCUT2D eigenvalue weighted by atomic mass is 15.2. The number of hydrogen-bond donors (Lipinski definition) is 2. The third-order valence-corrected chi connectivity index (χ3v) is 3.65. The molecule has 0 saturated carbocycles. The van der Waals surface area contributed by atoms with Gasteiger partial charge in [0.05, 0.1) is 5.69 Å². The van der Waals surface area contributed by atoms with Crippen LogP contribution in [0.25, 0.3) is 0 Å². The van der Waals surface area contributed by atoms with Crippen molar-refractivity contribution in [3.8, 4) is 0 Å². The van der Waals surface area contributed by atoms with Crippen LogP contribution in [0.1, 0.15) is 29.4 Å². The van der Waals surface area contributed by atoms with Crippen molar-refractivity contribution in [1.29, 1.82) is 0 Å². The molecule has 1 saturated heterocycles. The average Bonchev–Trinajstić information content (AvgIpc) is 2.84. The van der Waals surface area contributed by atoms with E-state index in [4.69, 9.17) is 0 Å². The van der Waals surface area contributed by atoms with E-state index >= 15 is 0 Å². The van der Waals surface area contributed by atoms with Gasteiger partial charge in [0, 0.05) is 43.5 Å². The molecule has 1 aliphatic heterocycles. The molecule has 1 unspecified atom stereocenters. The molecule has 0 amide bonds. The molecular formula is C11H18N4. The normalized spacial score (nSPS) is 26.9. The van der Waals surface area contributed by atoms with Crippen LogP contribution in [0.5, 0.6) is 0 Å². The summed E-state index contributed by atoms with van der Waals surface area (Å²) in [5.41, 5.74) is 4.05. The van der Waals surface area contributed by atoms with Gasteiger partial charge in [-0.15, -0.1) is 0 Å². The fraction of sp³-hybridized carbons (Fsp3) is 0.727. The topological polar surface area (TPSA) is 44.0 Å². The van der Waals surface area contributed by atoms with E-state index in [1.807, 2.05) is 0 Å². The Morgan fingerprint density at radius 3 is 2.93 bits per heavy atom. The first-order chi connectivity index (χ1) is 7.36. The highest BCUT2D eigenvalue weighted by Crippen LogP contribution is 2.36. The van der Waals surface area contributed by atoms with Crippen LogP contribution in [0.15, 0.2) is 0 Å². The Morgan fingerprint density at radius 2 is 2.13 bits per heavy atom. The maximum atomic E-state index is 4.37. The van der Waals surface area contributed by atoms with Crippen molar-refractivity contribution in [3.05, 3.63) is 17.0 Å². The summed E-state index contributed by atoms with van der Waals surface area (Å²) in [7, 11) is 0. The van der Waals surface area contributed by atoms with Crippen LogP contribution >= 0.6 is 0 Å². The molecule has 1 atom stereocenters. The molecule has 0 aromatic carbocycles. The van der Waals surface area contributed by atoms with Crippen molar-refractivity contribution in [3.63, 3.8) is 0 Å². The van der Waals surface area contributed by atoms with Crippen LogP contribution in [0.3, 0.4) is 0 Å². The number of aromatic amines is 1.